The molecule has 0 aromatic carbocycles. The van der Waals surface area contributed by atoms with Gasteiger partial charge in [0.25, 0.3) is 0 Å². The number of aromatic nitrogens is 3. The number of aromatic amines is 3. The van der Waals surface area contributed by atoms with Gasteiger partial charge in [-0.2, -0.15) is 0 Å². The summed E-state index contributed by atoms with van der Waals surface area (Å²) in [6.07, 6.45) is 11.0. The summed E-state index contributed by atoms with van der Waals surface area (Å²) in [5.41, 5.74) is 12.1. The maximum absolute atomic E-state index is 13.7. The molecule has 0 spiro atoms. The Kier molecular flexibility index (Phi) is 9.16. The molecule has 1 amide bonds. The molecule has 1 fully saturated rings. The molecular formula is C39H49N5O3. The topological polar surface area (TPSA) is 126 Å². The number of amides is 1. The number of allylic oxidation sites excluding steroid dienone is 1. The third kappa shape index (κ3) is 5.71. The zero-order chi connectivity index (χ0) is 33.6. The average molecular weight is 636 g/mol. The number of unbranched alkanes of at least 4 members (excludes halogenated alkanes) is 3. The number of nitrogens with zero attached hydrogens (tertiary/aromatic N) is 1. The van der Waals surface area contributed by atoms with Gasteiger partial charge in [0.15, 0.2) is 5.78 Å². The van der Waals surface area contributed by atoms with E-state index in [1.54, 1.807) is 0 Å². The fraction of sp³-hybridized carbons (Fsp3) is 0.462. The molecule has 8 nitrogen and oxygen atoms in total. The summed E-state index contributed by atoms with van der Waals surface area (Å²) in [6, 6.07) is 1.90. The van der Waals surface area contributed by atoms with E-state index >= 15 is 0 Å². The fourth-order valence-corrected chi connectivity index (χ4v) is 8.08. The third-order valence-electron chi connectivity index (χ3n) is 10.7. The molecule has 3 aromatic rings. The van der Waals surface area contributed by atoms with E-state index in [1.807, 2.05) is 19.9 Å². The van der Waals surface area contributed by atoms with Gasteiger partial charge in [-0.1, -0.05) is 32.4 Å². The number of ketones is 1. The van der Waals surface area contributed by atoms with Gasteiger partial charge >= 0.3 is 0 Å². The molecule has 6 rings (SSSR count). The highest BCUT2D eigenvalue weighted by molar-refractivity contribution is 6.32. The van der Waals surface area contributed by atoms with Gasteiger partial charge in [0, 0.05) is 76.0 Å². The number of aliphatic hydroxyl groups is 1. The number of Topliss-reactive ketones (excluding diaryl/α,β-unsaturated/α-hetero) is 1. The van der Waals surface area contributed by atoms with E-state index in [2.05, 4.69) is 72.8 Å². The standard InChI is InChI=1S/C39H49N5O3/c1-8-26-21(4)35-27(9-2)36-23(6)33(24(7)39(47)40-14-12-10-11-13-15-45)37(44-36)28-18-32(46)34-22(5)30(42-38(28)34)17-25-16-20(3)29(41-25)19-31(26)43-35/h8,16-17,19,24,27-28,30,41,43-45H,1,9-15,18H2,2-7H3,(H,40,47). The predicted octanol–water partition coefficient (Wildman–Crippen LogP) is 5.37. The van der Waals surface area contributed by atoms with Crippen LogP contribution < -0.4 is 16.0 Å². The van der Waals surface area contributed by atoms with Crippen LogP contribution in [0.4, 0.5) is 0 Å². The van der Waals surface area contributed by atoms with Crippen LogP contribution in [-0.4, -0.2) is 56.7 Å². The molecule has 2 aliphatic heterocycles. The lowest BCUT2D eigenvalue weighted by molar-refractivity contribution is -0.122. The molecular weight excluding hydrogens is 586 g/mol. The smallest absolute Gasteiger partial charge is 0.227 e. The van der Waals surface area contributed by atoms with Crippen molar-refractivity contribution in [2.24, 2.45) is 4.99 Å². The van der Waals surface area contributed by atoms with E-state index in [0.717, 1.165) is 110 Å². The van der Waals surface area contributed by atoms with Crippen molar-refractivity contribution < 1.29 is 14.7 Å². The number of aliphatic hydroxyl groups excluding tert-OH is 1. The molecule has 0 radical (unpaired) electrons. The van der Waals surface area contributed by atoms with Crippen LogP contribution in [0.25, 0.3) is 18.2 Å². The maximum Gasteiger partial charge on any atom is 0.227 e. The second kappa shape index (κ2) is 13.1. The first kappa shape index (κ1) is 32.8. The monoisotopic (exact) mass is 635 g/mol. The van der Waals surface area contributed by atoms with E-state index in [4.69, 9.17) is 10.1 Å². The van der Waals surface area contributed by atoms with Gasteiger partial charge in [0.2, 0.25) is 5.91 Å². The largest absolute Gasteiger partial charge is 0.396 e. The number of H-pyrrole nitrogens is 3. The van der Waals surface area contributed by atoms with Crippen LogP contribution in [0, 0.1) is 20.8 Å². The molecule has 0 saturated heterocycles. The summed E-state index contributed by atoms with van der Waals surface area (Å²) in [6.45, 7) is 17.5. The van der Waals surface area contributed by atoms with Crippen molar-refractivity contribution in [2.75, 3.05) is 13.2 Å². The van der Waals surface area contributed by atoms with Crippen LogP contribution >= 0.6 is 0 Å². The summed E-state index contributed by atoms with van der Waals surface area (Å²) in [5, 5.41) is 14.2. The molecule has 5 N–H and O–H groups in total. The molecule has 5 heterocycles. The highest BCUT2D eigenvalue weighted by Gasteiger charge is 2.44. The van der Waals surface area contributed by atoms with Gasteiger partial charge in [0.05, 0.1) is 17.7 Å². The highest BCUT2D eigenvalue weighted by Crippen LogP contribution is 2.45. The molecule has 1 saturated carbocycles. The van der Waals surface area contributed by atoms with Crippen molar-refractivity contribution in [1.29, 1.82) is 0 Å². The summed E-state index contributed by atoms with van der Waals surface area (Å²) >= 11 is 0. The first-order valence-corrected chi connectivity index (χ1v) is 17.3. The van der Waals surface area contributed by atoms with Crippen LogP contribution in [0.3, 0.4) is 0 Å². The number of rotatable bonds is 10. The van der Waals surface area contributed by atoms with E-state index in [9.17, 15) is 9.59 Å². The molecule has 8 bridgehead atoms. The maximum atomic E-state index is 13.7. The zero-order valence-electron chi connectivity index (χ0n) is 28.7. The van der Waals surface area contributed by atoms with Crippen molar-refractivity contribution >= 4 is 35.6 Å². The molecule has 47 heavy (non-hydrogen) atoms. The summed E-state index contributed by atoms with van der Waals surface area (Å²) in [5.74, 6) is -0.550. The van der Waals surface area contributed by atoms with Crippen molar-refractivity contribution in [2.45, 2.75) is 104 Å². The number of carbonyl (C=O) groups is 2. The molecule has 4 unspecified atom stereocenters. The molecule has 1 aliphatic carbocycles. The Hall–Kier alpha value is -4.17. The van der Waals surface area contributed by atoms with Crippen molar-refractivity contribution in [3.05, 3.63) is 85.1 Å². The second-order valence-corrected chi connectivity index (χ2v) is 13.6. The fourth-order valence-electron chi connectivity index (χ4n) is 8.08. The van der Waals surface area contributed by atoms with Gasteiger partial charge in [0.1, 0.15) is 0 Å². The van der Waals surface area contributed by atoms with Crippen LogP contribution in [0.15, 0.2) is 28.8 Å². The zero-order valence-corrected chi connectivity index (χ0v) is 28.7. The van der Waals surface area contributed by atoms with Gasteiger partial charge in [-0.25, -0.2) is 0 Å². The first-order valence-electron chi connectivity index (χ1n) is 17.3. The Bertz CT molecular complexity index is 1930. The van der Waals surface area contributed by atoms with Crippen LogP contribution in [0.1, 0.15) is 128 Å². The van der Waals surface area contributed by atoms with Gasteiger partial charge in [-0.15, -0.1) is 0 Å². The summed E-state index contributed by atoms with van der Waals surface area (Å²) in [7, 11) is 0. The minimum absolute atomic E-state index is 0.0128. The minimum atomic E-state index is -0.419. The lowest BCUT2D eigenvalue weighted by atomic mass is 9.87. The van der Waals surface area contributed by atoms with E-state index in [0.29, 0.717) is 13.0 Å². The summed E-state index contributed by atoms with van der Waals surface area (Å²) in [4.78, 5) is 43.8. The normalized spacial score (nSPS) is 20.6. The summed E-state index contributed by atoms with van der Waals surface area (Å²) < 4.78 is 0. The Morgan fingerprint density at radius 2 is 1.83 bits per heavy atom. The SMILES string of the molecule is C=Cc1c2[nH]c(c1C)C(CC)c1[nH]c(c(C(C)C(=O)NCCCCCCO)c1C)C1CC(=O)C3=C(C)C(C=c4cc(C)c([nH]4)=C2)N=C31. The number of carbonyl (C=O) groups excluding carboxylic acids is 2. The van der Waals surface area contributed by atoms with E-state index in [1.165, 1.54) is 0 Å². The van der Waals surface area contributed by atoms with Crippen molar-refractivity contribution in [3.63, 3.8) is 0 Å². The number of aryl methyl sites for hydroxylation is 1. The molecule has 4 atom stereocenters. The number of fused-ring (bicyclic) bond motifs is 8. The lowest BCUT2D eigenvalue weighted by Gasteiger charge is -2.18. The number of hydrogen-bond acceptors (Lipinski definition) is 4. The molecule has 8 heteroatoms. The second-order valence-electron chi connectivity index (χ2n) is 13.6. The quantitative estimate of drug-likeness (QED) is 0.192. The molecule has 3 aliphatic rings. The Labute approximate surface area is 277 Å². The number of aliphatic imine (C=N–C) groups is 1. The van der Waals surface area contributed by atoms with E-state index in [-0.39, 0.29) is 36.2 Å². The van der Waals surface area contributed by atoms with Gasteiger partial charge < -0.3 is 25.4 Å². The predicted molar refractivity (Wildman–Crippen MR) is 189 cm³/mol. The third-order valence-corrected chi connectivity index (χ3v) is 10.7. The van der Waals surface area contributed by atoms with Crippen molar-refractivity contribution in [1.82, 2.24) is 20.3 Å². The lowest BCUT2D eigenvalue weighted by Crippen LogP contribution is -2.29. The number of nitrogens with one attached hydrogen (secondary N) is 4. The van der Waals surface area contributed by atoms with Gasteiger partial charge in [-0.05, 0) is 99.9 Å². The highest BCUT2D eigenvalue weighted by atomic mass is 16.3. The number of hydrogen-bond donors (Lipinski definition) is 5. The molecule has 248 valence electrons. The van der Waals surface area contributed by atoms with Gasteiger partial charge in [-0.3, -0.25) is 14.6 Å². The van der Waals surface area contributed by atoms with Crippen LogP contribution in [0.2, 0.25) is 0 Å². The van der Waals surface area contributed by atoms with Crippen molar-refractivity contribution in [3.8, 4) is 0 Å². The van der Waals surface area contributed by atoms with Crippen LogP contribution in [-0.2, 0) is 9.59 Å². The first-order chi connectivity index (χ1) is 22.6. The Morgan fingerprint density at radius 3 is 2.55 bits per heavy atom. The average Bonchev–Trinajstić information content (AvgIpc) is 3.82. The Morgan fingerprint density at radius 1 is 1.09 bits per heavy atom. The minimum Gasteiger partial charge on any atom is -0.396 e. The van der Waals surface area contributed by atoms with E-state index < -0.39 is 5.92 Å². The van der Waals surface area contributed by atoms with Crippen LogP contribution in [0.5, 0.6) is 0 Å². The Balaban J connectivity index is 1.53. The molecule has 3 aromatic heterocycles.